The Labute approximate surface area is 153 Å². The smallest absolute Gasteiger partial charge is 0.300 e. The van der Waals surface area contributed by atoms with Crippen molar-refractivity contribution in [2.75, 3.05) is 7.11 Å². The fourth-order valence-electron chi connectivity index (χ4n) is 2.50. The zero-order valence-corrected chi connectivity index (χ0v) is 14.7. The number of nitrogens with zero attached hydrogens (tertiary/aromatic N) is 4. The summed E-state index contributed by atoms with van der Waals surface area (Å²) >= 11 is 1.44. The number of thiophene rings is 1. The Morgan fingerprint density at radius 1 is 1.12 bits per heavy atom. The highest BCUT2D eigenvalue weighted by Crippen LogP contribution is 2.30. The van der Waals surface area contributed by atoms with Gasteiger partial charge in [-0.15, -0.1) is 16.4 Å². The van der Waals surface area contributed by atoms with Crippen molar-refractivity contribution < 1.29 is 4.74 Å². The lowest BCUT2D eigenvalue weighted by Crippen LogP contribution is -2.20. The van der Waals surface area contributed by atoms with Gasteiger partial charge in [0.15, 0.2) is 4.83 Å². The Hall–Kier alpha value is -3.32. The number of hydrogen-bond acceptors (Lipinski definition) is 6. The molecule has 0 aliphatic carbocycles. The molecule has 0 atom stereocenters. The Kier molecular flexibility index (Phi) is 4.28. The number of benzene rings is 2. The summed E-state index contributed by atoms with van der Waals surface area (Å²) < 4.78 is 5.18. The monoisotopic (exact) mass is 362 g/mol. The summed E-state index contributed by atoms with van der Waals surface area (Å²) in [7, 11) is 1.60. The molecule has 0 unspecified atom stereocenters. The van der Waals surface area contributed by atoms with Gasteiger partial charge in [0, 0.05) is 4.88 Å². The van der Waals surface area contributed by atoms with Gasteiger partial charge in [-0.05, 0) is 34.5 Å². The number of rotatable bonds is 4. The van der Waals surface area contributed by atoms with Gasteiger partial charge in [0.2, 0.25) is 0 Å². The number of methoxy groups -OCH3 is 1. The normalized spacial score (nSPS) is 11.3. The van der Waals surface area contributed by atoms with Crippen LogP contribution in [0, 0.1) is 0 Å². The average Bonchev–Trinajstić information content (AvgIpc) is 3.14. The third kappa shape index (κ3) is 3.12. The standard InChI is InChI=1S/C19H14N4O2S/c1-25-15-9-5-6-13(10-15)12-20-23-19(24)16-11-17(26-18(16)21-22-23)14-7-3-2-4-8-14/h2-12H,1H3/b20-12+. The Balaban J connectivity index is 1.71. The van der Waals surface area contributed by atoms with E-state index in [1.807, 2.05) is 60.7 Å². The molecule has 7 heteroatoms. The number of fused-ring (bicyclic) bond motifs is 1. The van der Waals surface area contributed by atoms with Gasteiger partial charge < -0.3 is 4.74 Å². The first-order chi connectivity index (χ1) is 12.7. The Bertz CT molecular complexity index is 1150. The van der Waals surface area contributed by atoms with Gasteiger partial charge in [0.1, 0.15) is 5.75 Å². The maximum atomic E-state index is 12.6. The molecule has 4 aromatic rings. The lowest BCUT2D eigenvalue weighted by molar-refractivity contribution is 0.414. The third-order valence-corrected chi connectivity index (χ3v) is 4.88. The van der Waals surface area contributed by atoms with Crippen LogP contribution in [0.2, 0.25) is 0 Å². The van der Waals surface area contributed by atoms with Crippen molar-refractivity contribution in [3.05, 3.63) is 76.6 Å². The van der Waals surface area contributed by atoms with Gasteiger partial charge in [-0.3, -0.25) is 4.79 Å². The summed E-state index contributed by atoms with van der Waals surface area (Å²) in [6.07, 6.45) is 1.55. The first-order valence-corrected chi connectivity index (χ1v) is 8.69. The van der Waals surface area contributed by atoms with Crippen LogP contribution in [0.1, 0.15) is 5.56 Å². The lowest BCUT2D eigenvalue weighted by Gasteiger charge is -1.99. The van der Waals surface area contributed by atoms with Crippen molar-refractivity contribution in [2.45, 2.75) is 0 Å². The molecule has 6 nitrogen and oxygen atoms in total. The van der Waals surface area contributed by atoms with Gasteiger partial charge in [-0.2, -0.15) is 5.10 Å². The Morgan fingerprint density at radius 2 is 1.96 bits per heavy atom. The molecule has 128 valence electrons. The van der Waals surface area contributed by atoms with E-state index in [9.17, 15) is 4.79 Å². The molecule has 0 N–H and O–H groups in total. The number of hydrogen-bond donors (Lipinski definition) is 0. The highest BCUT2D eigenvalue weighted by Gasteiger charge is 2.11. The minimum Gasteiger partial charge on any atom is -0.497 e. The molecular weight excluding hydrogens is 348 g/mol. The highest BCUT2D eigenvalue weighted by atomic mass is 32.1. The molecule has 2 aromatic heterocycles. The predicted molar refractivity (Wildman–Crippen MR) is 103 cm³/mol. The molecule has 0 saturated carbocycles. The van der Waals surface area contributed by atoms with Crippen molar-refractivity contribution in [1.29, 1.82) is 0 Å². The largest absolute Gasteiger partial charge is 0.497 e. The maximum Gasteiger partial charge on any atom is 0.300 e. The van der Waals surface area contributed by atoms with Gasteiger partial charge in [-0.1, -0.05) is 47.3 Å². The molecule has 0 aliphatic rings. The van der Waals surface area contributed by atoms with Crippen molar-refractivity contribution in [1.82, 2.24) is 15.1 Å². The molecule has 0 bridgehead atoms. The van der Waals surface area contributed by atoms with Gasteiger partial charge >= 0.3 is 0 Å². The summed E-state index contributed by atoms with van der Waals surface area (Å²) in [6.45, 7) is 0. The fourth-order valence-corrected chi connectivity index (χ4v) is 3.48. The van der Waals surface area contributed by atoms with Crippen molar-refractivity contribution >= 4 is 27.8 Å². The summed E-state index contributed by atoms with van der Waals surface area (Å²) in [5, 5.41) is 12.7. The minimum absolute atomic E-state index is 0.299. The van der Waals surface area contributed by atoms with Crippen molar-refractivity contribution in [3.63, 3.8) is 0 Å². The summed E-state index contributed by atoms with van der Waals surface area (Å²) in [4.78, 5) is 15.2. The molecule has 0 aliphatic heterocycles. The first-order valence-electron chi connectivity index (χ1n) is 7.88. The topological polar surface area (TPSA) is 69.4 Å². The maximum absolute atomic E-state index is 12.6. The second-order valence-corrected chi connectivity index (χ2v) is 6.53. The molecule has 0 radical (unpaired) electrons. The molecule has 0 saturated heterocycles. The molecular formula is C19H14N4O2S. The zero-order valence-electron chi connectivity index (χ0n) is 13.9. The molecule has 26 heavy (non-hydrogen) atoms. The van der Waals surface area contributed by atoms with E-state index < -0.39 is 0 Å². The van der Waals surface area contributed by atoms with E-state index in [0.29, 0.717) is 16.0 Å². The van der Waals surface area contributed by atoms with E-state index in [1.165, 1.54) is 11.3 Å². The van der Waals surface area contributed by atoms with Crippen molar-refractivity contribution in [3.8, 4) is 16.2 Å². The molecule has 4 rings (SSSR count). The minimum atomic E-state index is -0.299. The third-order valence-electron chi connectivity index (χ3n) is 3.81. The van der Waals surface area contributed by atoms with Crippen LogP contribution in [-0.2, 0) is 0 Å². The fraction of sp³-hybridized carbons (Fsp3) is 0.0526. The number of aromatic nitrogens is 3. The molecule has 0 fully saturated rings. The van der Waals surface area contributed by atoms with E-state index in [1.54, 1.807) is 13.3 Å². The predicted octanol–water partition coefficient (Wildman–Crippen LogP) is 3.41. The van der Waals surface area contributed by atoms with Gasteiger partial charge in [0.05, 0.1) is 18.7 Å². The van der Waals surface area contributed by atoms with Crippen LogP contribution in [-0.4, -0.2) is 28.4 Å². The quantitative estimate of drug-likeness (QED) is 0.522. The van der Waals surface area contributed by atoms with E-state index in [0.717, 1.165) is 20.8 Å². The van der Waals surface area contributed by atoms with E-state index in [4.69, 9.17) is 4.74 Å². The summed E-state index contributed by atoms with van der Waals surface area (Å²) in [6, 6.07) is 19.1. The second kappa shape index (κ2) is 6.89. The van der Waals surface area contributed by atoms with Crippen LogP contribution in [0.3, 0.4) is 0 Å². The van der Waals surface area contributed by atoms with Gasteiger partial charge in [-0.25, -0.2) is 0 Å². The second-order valence-electron chi connectivity index (χ2n) is 5.50. The lowest BCUT2D eigenvalue weighted by atomic mass is 10.2. The molecule has 0 amide bonds. The van der Waals surface area contributed by atoms with E-state index >= 15 is 0 Å². The summed E-state index contributed by atoms with van der Waals surface area (Å²) in [5.41, 5.74) is 1.54. The molecule has 2 heterocycles. The molecule has 0 spiro atoms. The highest BCUT2D eigenvalue weighted by molar-refractivity contribution is 7.21. The summed E-state index contributed by atoms with van der Waals surface area (Å²) in [5.74, 6) is 0.716. The van der Waals surface area contributed by atoms with Crippen LogP contribution < -0.4 is 10.3 Å². The van der Waals surface area contributed by atoms with Crippen LogP contribution >= 0.6 is 11.3 Å². The zero-order chi connectivity index (χ0) is 17.9. The van der Waals surface area contributed by atoms with Crippen LogP contribution in [0.25, 0.3) is 20.7 Å². The van der Waals surface area contributed by atoms with Crippen LogP contribution in [0.15, 0.2) is 70.6 Å². The van der Waals surface area contributed by atoms with Gasteiger partial charge in [0.25, 0.3) is 5.56 Å². The van der Waals surface area contributed by atoms with Crippen LogP contribution in [0.4, 0.5) is 0 Å². The molecule has 2 aromatic carbocycles. The average molecular weight is 362 g/mol. The van der Waals surface area contributed by atoms with Crippen LogP contribution in [0.5, 0.6) is 5.75 Å². The van der Waals surface area contributed by atoms with Crippen molar-refractivity contribution in [2.24, 2.45) is 5.10 Å². The SMILES string of the molecule is COc1cccc(/C=N/n2nnc3sc(-c4ccccc4)cc3c2=O)c1. The van der Waals surface area contributed by atoms with E-state index in [-0.39, 0.29) is 5.56 Å². The number of ether oxygens (including phenoxy) is 1. The van der Waals surface area contributed by atoms with E-state index in [2.05, 4.69) is 15.4 Å². The Morgan fingerprint density at radius 3 is 2.77 bits per heavy atom. The first kappa shape index (κ1) is 16.2.